The molecule has 2 aromatic carbocycles. The summed E-state index contributed by atoms with van der Waals surface area (Å²) in [7, 11) is 0. The van der Waals surface area contributed by atoms with Crippen molar-refractivity contribution in [1.29, 1.82) is 0 Å². The Kier molecular flexibility index (Phi) is 4.02. The molecule has 1 heterocycles. The van der Waals surface area contributed by atoms with E-state index >= 15 is 0 Å². The van der Waals surface area contributed by atoms with Gasteiger partial charge in [0.1, 0.15) is 0 Å². The number of amides is 1. The summed E-state index contributed by atoms with van der Waals surface area (Å²) in [5, 5.41) is 3.15. The monoisotopic (exact) mass is 329 g/mol. The lowest BCUT2D eigenvalue weighted by atomic mass is 9.95. The van der Waals surface area contributed by atoms with Gasteiger partial charge in [-0.2, -0.15) is 0 Å². The lowest BCUT2D eigenvalue weighted by Crippen LogP contribution is -2.37. The normalized spacial score (nSPS) is 13.8. The van der Waals surface area contributed by atoms with Crippen LogP contribution in [0.15, 0.2) is 67.1 Å². The van der Waals surface area contributed by atoms with Crippen molar-refractivity contribution in [3.63, 3.8) is 0 Å². The first-order valence-corrected chi connectivity index (χ1v) is 8.47. The Morgan fingerprint density at radius 1 is 1.04 bits per heavy atom. The van der Waals surface area contributed by atoms with Crippen LogP contribution in [-0.2, 0) is 11.2 Å². The Hall–Kier alpha value is -3.01. The van der Waals surface area contributed by atoms with Crippen molar-refractivity contribution in [3.8, 4) is 11.1 Å². The molecule has 0 spiro atoms. The average Bonchev–Trinajstić information content (AvgIpc) is 2.97. The first-order chi connectivity index (χ1) is 12.2. The van der Waals surface area contributed by atoms with Gasteiger partial charge >= 0.3 is 0 Å². The number of carbonyl (C=O) groups excluding carboxylic acids is 1. The molecule has 4 heteroatoms. The van der Waals surface area contributed by atoms with Crippen molar-refractivity contribution < 1.29 is 4.79 Å². The number of fused-ring (bicyclic) bond motifs is 3. The van der Waals surface area contributed by atoms with E-state index in [9.17, 15) is 4.79 Å². The Morgan fingerprint density at radius 2 is 1.68 bits per heavy atom. The Morgan fingerprint density at radius 3 is 2.28 bits per heavy atom. The number of nitrogens with one attached hydrogen (secondary N) is 1. The van der Waals surface area contributed by atoms with Crippen LogP contribution in [0.25, 0.3) is 11.1 Å². The van der Waals surface area contributed by atoms with Crippen LogP contribution < -0.4 is 5.32 Å². The number of hydrogen-bond donors (Lipinski definition) is 1. The molecule has 25 heavy (non-hydrogen) atoms. The maximum Gasteiger partial charge on any atom is 0.232 e. The van der Waals surface area contributed by atoms with Crippen LogP contribution >= 0.6 is 0 Å². The molecular weight excluding hydrogens is 310 g/mol. The summed E-state index contributed by atoms with van der Waals surface area (Å²) < 4.78 is 0. The Bertz CT molecular complexity index is 862. The van der Waals surface area contributed by atoms with Gasteiger partial charge in [0.15, 0.2) is 0 Å². The first kappa shape index (κ1) is 15.5. The molecule has 1 aliphatic carbocycles. The topological polar surface area (TPSA) is 54.9 Å². The number of aromatic nitrogens is 2. The SMILES string of the molecule is C[C@H](Cc1cnccn1)NC(=O)C1c2ccccc2-c2ccccc21. The molecule has 0 aliphatic heterocycles. The fourth-order valence-corrected chi connectivity index (χ4v) is 3.56. The van der Waals surface area contributed by atoms with Gasteiger partial charge in [-0.05, 0) is 29.2 Å². The number of rotatable bonds is 4. The highest BCUT2D eigenvalue weighted by atomic mass is 16.1. The summed E-state index contributed by atoms with van der Waals surface area (Å²) in [6, 6.07) is 16.3. The van der Waals surface area contributed by atoms with Crippen molar-refractivity contribution in [2.45, 2.75) is 25.3 Å². The third kappa shape index (κ3) is 2.91. The maximum atomic E-state index is 13.0. The molecule has 0 fully saturated rings. The van der Waals surface area contributed by atoms with Crippen LogP contribution in [-0.4, -0.2) is 21.9 Å². The second kappa shape index (κ2) is 6.48. The summed E-state index contributed by atoms with van der Waals surface area (Å²) in [6.45, 7) is 2.00. The summed E-state index contributed by atoms with van der Waals surface area (Å²) in [6.07, 6.45) is 5.73. The second-order valence-corrected chi connectivity index (χ2v) is 6.42. The molecule has 0 radical (unpaired) electrons. The molecule has 1 atom stereocenters. The lowest BCUT2D eigenvalue weighted by Gasteiger charge is -2.18. The standard InChI is InChI=1S/C21H19N3O/c1-14(12-15-13-22-10-11-23-15)24-21(25)20-18-8-4-2-6-16(18)17-7-3-5-9-19(17)20/h2-11,13-14,20H,12H2,1H3,(H,24,25)/t14-/m1/s1. The molecule has 1 aromatic heterocycles. The van der Waals surface area contributed by atoms with Crippen molar-refractivity contribution in [2.24, 2.45) is 0 Å². The number of hydrogen-bond acceptors (Lipinski definition) is 3. The van der Waals surface area contributed by atoms with Crippen molar-refractivity contribution in [3.05, 3.63) is 83.9 Å². The zero-order valence-electron chi connectivity index (χ0n) is 14.0. The smallest absolute Gasteiger partial charge is 0.232 e. The van der Waals surface area contributed by atoms with E-state index in [0.717, 1.165) is 27.9 Å². The number of benzene rings is 2. The van der Waals surface area contributed by atoms with Crippen LogP contribution in [0.1, 0.15) is 29.7 Å². The fraction of sp³-hybridized carbons (Fsp3) is 0.190. The molecule has 4 nitrogen and oxygen atoms in total. The van der Waals surface area contributed by atoms with Crippen LogP contribution in [0.5, 0.6) is 0 Å². The summed E-state index contributed by atoms with van der Waals surface area (Å²) in [5.74, 6) is -0.217. The molecule has 1 aliphatic rings. The third-order valence-corrected chi connectivity index (χ3v) is 4.62. The molecular formula is C21H19N3O. The summed E-state index contributed by atoms with van der Waals surface area (Å²) in [4.78, 5) is 21.4. The quantitative estimate of drug-likeness (QED) is 0.799. The van der Waals surface area contributed by atoms with Gasteiger partial charge in [0.05, 0.1) is 11.6 Å². The number of nitrogens with zero attached hydrogens (tertiary/aromatic N) is 2. The average molecular weight is 329 g/mol. The highest BCUT2D eigenvalue weighted by Gasteiger charge is 2.33. The van der Waals surface area contributed by atoms with Gasteiger partial charge in [-0.25, -0.2) is 0 Å². The molecule has 1 amide bonds. The number of carbonyl (C=O) groups is 1. The molecule has 0 saturated heterocycles. The van der Waals surface area contributed by atoms with E-state index in [2.05, 4.69) is 27.4 Å². The van der Waals surface area contributed by atoms with Gasteiger partial charge in [0.25, 0.3) is 0 Å². The van der Waals surface area contributed by atoms with Crippen molar-refractivity contribution in [1.82, 2.24) is 15.3 Å². The van der Waals surface area contributed by atoms with Gasteiger partial charge in [-0.3, -0.25) is 14.8 Å². The minimum Gasteiger partial charge on any atom is -0.352 e. The van der Waals surface area contributed by atoms with Crippen molar-refractivity contribution >= 4 is 5.91 Å². The van der Waals surface area contributed by atoms with Gasteiger partial charge in [-0.1, -0.05) is 48.5 Å². The predicted molar refractivity (Wildman–Crippen MR) is 97.1 cm³/mol. The molecule has 0 unspecified atom stereocenters. The largest absolute Gasteiger partial charge is 0.352 e. The molecule has 3 aromatic rings. The molecule has 1 N–H and O–H groups in total. The first-order valence-electron chi connectivity index (χ1n) is 8.47. The van der Waals surface area contributed by atoms with Gasteiger partial charge in [0.2, 0.25) is 5.91 Å². The Labute approximate surface area is 147 Å². The highest BCUT2D eigenvalue weighted by Crippen LogP contribution is 2.44. The van der Waals surface area contributed by atoms with Crippen LogP contribution in [0.4, 0.5) is 0 Å². The van der Waals surface area contributed by atoms with Gasteiger partial charge in [-0.15, -0.1) is 0 Å². The van der Waals surface area contributed by atoms with Crippen LogP contribution in [0.2, 0.25) is 0 Å². The molecule has 4 rings (SSSR count). The highest BCUT2D eigenvalue weighted by molar-refractivity contribution is 5.96. The summed E-state index contributed by atoms with van der Waals surface area (Å²) in [5.41, 5.74) is 5.34. The summed E-state index contributed by atoms with van der Waals surface area (Å²) >= 11 is 0. The van der Waals surface area contributed by atoms with E-state index in [4.69, 9.17) is 0 Å². The second-order valence-electron chi connectivity index (χ2n) is 6.42. The zero-order chi connectivity index (χ0) is 17.2. The Balaban J connectivity index is 1.58. The minimum absolute atomic E-state index is 0.0101. The maximum absolute atomic E-state index is 13.0. The molecule has 124 valence electrons. The molecule has 0 bridgehead atoms. The van der Waals surface area contributed by atoms with E-state index in [-0.39, 0.29) is 17.9 Å². The minimum atomic E-state index is -0.253. The van der Waals surface area contributed by atoms with E-state index in [1.807, 2.05) is 43.3 Å². The van der Waals surface area contributed by atoms with Crippen LogP contribution in [0.3, 0.4) is 0 Å². The van der Waals surface area contributed by atoms with Gasteiger partial charge < -0.3 is 5.32 Å². The third-order valence-electron chi connectivity index (χ3n) is 4.62. The van der Waals surface area contributed by atoms with Crippen molar-refractivity contribution in [2.75, 3.05) is 0 Å². The lowest BCUT2D eigenvalue weighted by molar-refractivity contribution is -0.122. The van der Waals surface area contributed by atoms with Crippen LogP contribution in [0, 0.1) is 0 Å². The fourth-order valence-electron chi connectivity index (χ4n) is 3.56. The van der Waals surface area contributed by atoms with E-state index in [1.165, 1.54) is 0 Å². The zero-order valence-corrected chi connectivity index (χ0v) is 14.0. The molecule has 0 saturated carbocycles. The van der Waals surface area contributed by atoms with Gasteiger partial charge in [0, 0.05) is 31.1 Å². The van der Waals surface area contributed by atoms with E-state index in [1.54, 1.807) is 18.6 Å². The van der Waals surface area contributed by atoms with E-state index in [0.29, 0.717) is 6.42 Å². The van der Waals surface area contributed by atoms with E-state index < -0.39 is 0 Å². The predicted octanol–water partition coefficient (Wildman–Crippen LogP) is 3.34.